The van der Waals surface area contributed by atoms with Gasteiger partial charge < -0.3 is 14.6 Å². The molecular weight excluding hydrogens is 488 g/mol. The number of carboxylic acid groups (broad SMARTS) is 1. The van der Waals surface area contributed by atoms with Crippen LogP contribution in [0.4, 0.5) is 0 Å². The van der Waals surface area contributed by atoms with Crippen LogP contribution in [-0.4, -0.2) is 23.7 Å². The highest BCUT2D eigenvalue weighted by Crippen LogP contribution is 2.25. The third-order valence-electron chi connectivity index (χ3n) is 6.84. The molecule has 5 nitrogen and oxygen atoms in total. The smallest absolute Gasteiger partial charge is 0.343 e. The van der Waals surface area contributed by atoms with Gasteiger partial charge in [0, 0.05) is 0 Å². The number of benzene rings is 4. The van der Waals surface area contributed by atoms with Gasteiger partial charge in [0.15, 0.2) is 0 Å². The van der Waals surface area contributed by atoms with Crippen LogP contribution >= 0.6 is 0 Å². The van der Waals surface area contributed by atoms with Crippen LogP contribution < -0.4 is 9.47 Å². The predicted molar refractivity (Wildman–Crippen MR) is 156 cm³/mol. The quantitative estimate of drug-likeness (QED) is 0.101. The Balaban J connectivity index is 1.28. The minimum atomic E-state index is -0.958. The Labute approximate surface area is 230 Å². The lowest BCUT2D eigenvalue weighted by atomic mass is 10.0. The number of fused-ring (bicyclic) bond motifs is 1. The van der Waals surface area contributed by atoms with E-state index in [1.54, 1.807) is 42.5 Å². The molecule has 0 bridgehead atoms. The number of ether oxygens (including phenoxy) is 2. The van der Waals surface area contributed by atoms with Gasteiger partial charge in [-0.05, 0) is 76.9 Å². The summed E-state index contributed by atoms with van der Waals surface area (Å²) in [5.74, 6) is -0.0972. The van der Waals surface area contributed by atoms with Crippen LogP contribution in [0.25, 0.3) is 21.9 Å². The summed E-state index contributed by atoms with van der Waals surface area (Å²) in [6.45, 7) is 2.96. The molecule has 202 valence electrons. The van der Waals surface area contributed by atoms with Crippen LogP contribution in [0.15, 0.2) is 84.9 Å². The second-order valence-electron chi connectivity index (χ2n) is 9.84. The molecule has 0 saturated carbocycles. The monoisotopic (exact) mass is 524 g/mol. The molecule has 0 aromatic heterocycles. The van der Waals surface area contributed by atoms with Crippen molar-refractivity contribution >= 4 is 22.7 Å². The Hall–Kier alpha value is -4.12. The van der Waals surface area contributed by atoms with Gasteiger partial charge in [0.25, 0.3) is 0 Å². The Kier molecular flexibility index (Phi) is 10.1. The third kappa shape index (κ3) is 8.18. The van der Waals surface area contributed by atoms with Crippen molar-refractivity contribution in [2.24, 2.45) is 0 Å². The van der Waals surface area contributed by atoms with E-state index >= 15 is 0 Å². The normalized spacial score (nSPS) is 10.9. The van der Waals surface area contributed by atoms with Crippen molar-refractivity contribution < 1.29 is 24.2 Å². The fourth-order valence-electron chi connectivity index (χ4n) is 4.55. The van der Waals surface area contributed by atoms with Crippen molar-refractivity contribution in [1.29, 1.82) is 0 Å². The highest BCUT2D eigenvalue weighted by molar-refractivity contribution is 5.96. The first-order chi connectivity index (χ1) is 19.0. The van der Waals surface area contributed by atoms with Crippen LogP contribution in [0.5, 0.6) is 11.5 Å². The van der Waals surface area contributed by atoms with E-state index < -0.39 is 11.9 Å². The molecule has 0 radical (unpaired) electrons. The van der Waals surface area contributed by atoms with Crippen molar-refractivity contribution in [2.45, 2.75) is 58.3 Å². The summed E-state index contributed by atoms with van der Waals surface area (Å²) in [6, 6.07) is 25.2. The maximum Gasteiger partial charge on any atom is 0.343 e. The van der Waals surface area contributed by atoms with E-state index in [2.05, 4.69) is 6.92 Å². The molecule has 39 heavy (non-hydrogen) atoms. The Morgan fingerprint density at radius 2 is 1.15 bits per heavy atom. The molecule has 4 rings (SSSR count). The summed E-state index contributed by atoms with van der Waals surface area (Å²) in [6.07, 6.45) is 10.2. The predicted octanol–water partition coefficient (Wildman–Crippen LogP) is 8.94. The van der Waals surface area contributed by atoms with E-state index in [1.807, 2.05) is 42.5 Å². The minimum absolute atomic E-state index is 0.238. The molecule has 4 aromatic rings. The SMILES string of the molecule is CCCCCCCCCCOc1ccc2cc(C(=O)Oc3ccc(-c4ccc(C(=O)O)cc4)cc3)ccc2c1. The second-order valence-corrected chi connectivity index (χ2v) is 9.84. The van der Waals surface area contributed by atoms with E-state index in [1.165, 1.54) is 44.9 Å². The zero-order valence-corrected chi connectivity index (χ0v) is 22.5. The Bertz CT molecular complexity index is 1370. The van der Waals surface area contributed by atoms with Crippen LogP contribution in [0.2, 0.25) is 0 Å². The van der Waals surface area contributed by atoms with Crippen molar-refractivity contribution in [3.63, 3.8) is 0 Å². The molecule has 0 unspecified atom stereocenters. The summed E-state index contributed by atoms with van der Waals surface area (Å²) in [7, 11) is 0. The molecule has 0 atom stereocenters. The lowest BCUT2D eigenvalue weighted by Crippen LogP contribution is -2.08. The molecule has 0 aliphatic rings. The van der Waals surface area contributed by atoms with Gasteiger partial charge in [-0.1, -0.05) is 88.3 Å². The zero-order valence-electron chi connectivity index (χ0n) is 22.5. The van der Waals surface area contributed by atoms with Gasteiger partial charge in [0.05, 0.1) is 17.7 Å². The Morgan fingerprint density at radius 3 is 1.82 bits per heavy atom. The van der Waals surface area contributed by atoms with E-state index in [9.17, 15) is 9.59 Å². The lowest BCUT2D eigenvalue weighted by Gasteiger charge is -2.09. The molecule has 0 spiro atoms. The number of unbranched alkanes of at least 4 members (excludes halogenated alkanes) is 7. The molecule has 0 aliphatic carbocycles. The third-order valence-corrected chi connectivity index (χ3v) is 6.84. The number of carbonyl (C=O) groups excluding carboxylic acids is 1. The van der Waals surface area contributed by atoms with Crippen LogP contribution in [0, 0.1) is 0 Å². The first-order valence-electron chi connectivity index (χ1n) is 13.9. The maximum absolute atomic E-state index is 12.8. The number of rotatable bonds is 14. The van der Waals surface area contributed by atoms with Crippen molar-refractivity contribution in [3.05, 3.63) is 96.1 Å². The number of esters is 1. The van der Waals surface area contributed by atoms with Crippen LogP contribution in [-0.2, 0) is 0 Å². The molecule has 0 saturated heterocycles. The van der Waals surface area contributed by atoms with Gasteiger partial charge in [0.2, 0.25) is 0 Å². The largest absolute Gasteiger partial charge is 0.494 e. The number of hydrogen-bond acceptors (Lipinski definition) is 4. The van der Waals surface area contributed by atoms with Crippen molar-refractivity contribution in [2.75, 3.05) is 6.61 Å². The summed E-state index contributed by atoms with van der Waals surface area (Å²) in [4.78, 5) is 23.8. The maximum atomic E-state index is 12.8. The van der Waals surface area contributed by atoms with Gasteiger partial charge in [-0.25, -0.2) is 9.59 Å². The summed E-state index contributed by atoms with van der Waals surface area (Å²) in [5, 5.41) is 11.0. The van der Waals surface area contributed by atoms with E-state index in [4.69, 9.17) is 14.6 Å². The molecule has 4 aromatic carbocycles. The van der Waals surface area contributed by atoms with Gasteiger partial charge in [-0.3, -0.25) is 0 Å². The van der Waals surface area contributed by atoms with Gasteiger partial charge >= 0.3 is 11.9 Å². The lowest BCUT2D eigenvalue weighted by molar-refractivity contribution is 0.0694. The van der Waals surface area contributed by atoms with E-state index in [0.717, 1.165) is 40.7 Å². The fourth-order valence-corrected chi connectivity index (χ4v) is 4.55. The highest BCUT2D eigenvalue weighted by atomic mass is 16.5. The molecular formula is C34H36O5. The van der Waals surface area contributed by atoms with Crippen molar-refractivity contribution in [1.82, 2.24) is 0 Å². The molecule has 5 heteroatoms. The van der Waals surface area contributed by atoms with E-state index in [0.29, 0.717) is 11.3 Å². The van der Waals surface area contributed by atoms with Crippen molar-refractivity contribution in [3.8, 4) is 22.6 Å². The average Bonchev–Trinajstić information content (AvgIpc) is 2.96. The molecule has 0 heterocycles. The minimum Gasteiger partial charge on any atom is -0.494 e. The summed E-state index contributed by atoms with van der Waals surface area (Å²) < 4.78 is 11.5. The molecule has 0 aliphatic heterocycles. The van der Waals surface area contributed by atoms with Gasteiger partial charge in [-0.15, -0.1) is 0 Å². The first-order valence-corrected chi connectivity index (χ1v) is 13.9. The molecule has 0 fully saturated rings. The standard InChI is InChI=1S/C34H36O5/c1-2-3-4-5-6-7-8-9-22-38-32-21-18-28-23-30(15-14-29(28)24-32)34(37)39-31-19-16-26(17-20-31)25-10-12-27(13-11-25)33(35)36/h10-21,23-24H,2-9,22H2,1H3,(H,35,36). The zero-order chi connectivity index (χ0) is 27.5. The number of hydrogen-bond donors (Lipinski definition) is 1. The molecule has 1 N–H and O–H groups in total. The topological polar surface area (TPSA) is 72.8 Å². The van der Waals surface area contributed by atoms with E-state index in [-0.39, 0.29) is 5.56 Å². The highest BCUT2D eigenvalue weighted by Gasteiger charge is 2.11. The average molecular weight is 525 g/mol. The number of carbonyl (C=O) groups is 2. The number of carboxylic acids is 1. The Morgan fingerprint density at radius 1 is 0.615 bits per heavy atom. The van der Waals surface area contributed by atoms with Gasteiger partial charge in [-0.2, -0.15) is 0 Å². The number of aromatic carboxylic acids is 1. The fraction of sp³-hybridized carbons (Fsp3) is 0.294. The summed E-state index contributed by atoms with van der Waals surface area (Å²) in [5.41, 5.74) is 2.50. The molecule has 0 amide bonds. The van der Waals surface area contributed by atoms with Crippen LogP contribution in [0.3, 0.4) is 0 Å². The second kappa shape index (κ2) is 14.1. The summed E-state index contributed by atoms with van der Waals surface area (Å²) >= 11 is 0. The van der Waals surface area contributed by atoms with Gasteiger partial charge in [0.1, 0.15) is 11.5 Å². The van der Waals surface area contributed by atoms with Crippen LogP contribution in [0.1, 0.15) is 79.0 Å². The first kappa shape index (κ1) is 27.9.